The molecule has 0 saturated carbocycles. The van der Waals surface area contributed by atoms with Crippen molar-refractivity contribution in [3.8, 4) is 5.75 Å². The summed E-state index contributed by atoms with van der Waals surface area (Å²) >= 11 is 0. The SMILES string of the molecule is CC(Oc1cccc(C(C)C)c1)C(=O)N[C@@H](C)CN.Cl. The molecule has 0 aliphatic heterocycles. The van der Waals surface area contributed by atoms with E-state index in [1.165, 1.54) is 5.56 Å². The van der Waals surface area contributed by atoms with Crippen LogP contribution in [0.4, 0.5) is 0 Å². The third-order valence-corrected chi connectivity index (χ3v) is 2.95. The number of nitrogens with two attached hydrogens (primary N) is 1. The summed E-state index contributed by atoms with van der Waals surface area (Å²) in [5.74, 6) is 1.01. The highest BCUT2D eigenvalue weighted by Gasteiger charge is 2.16. The zero-order chi connectivity index (χ0) is 14.4. The lowest BCUT2D eigenvalue weighted by Gasteiger charge is -2.18. The Morgan fingerprint density at radius 3 is 2.50 bits per heavy atom. The summed E-state index contributed by atoms with van der Waals surface area (Å²) in [7, 11) is 0. The van der Waals surface area contributed by atoms with E-state index in [2.05, 4.69) is 25.2 Å². The number of nitrogens with one attached hydrogen (secondary N) is 1. The maximum absolute atomic E-state index is 11.8. The Hall–Kier alpha value is -1.26. The number of ether oxygens (including phenoxy) is 1. The molecule has 0 aromatic heterocycles. The van der Waals surface area contributed by atoms with Gasteiger partial charge in [0.25, 0.3) is 5.91 Å². The quantitative estimate of drug-likeness (QED) is 0.848. The maximum atomic E-state index is 11.8. The zero-order valence-electron chi connectivity index (χ0n) is 12.6. The van der Waals surface area contributed by atoms with Crippen LogP contribution in [-0.2, 0) is 4.79 Å². The highest BCUT2D eigenvalue weighted by atomic mass is 35.5. The van der Waals surface area contributed by atoms with Gasteiger partial charge in [0.2, 0.25) is 0 Å². The normalized spacial score (nSPS) is 13.3. The summed E-state index contributed by atoms with van der Waals surface area (Å²) in [5, 5.41) is 2.80. The van der Waals surface area contributed by atoms with Gasteiger partial charge < -0.3 is 15.8 Å². The molecule has 20 heavy (non-hydrogen) atoms. The summed E-state index contributed by atoms with van der Waals surface area (Å²) in [5.41, 5.74) is 6.67. The molecule has 0 aliphatic carbocycles. The predicted molar refractivity (Wildman–Crippen MR) is 84.5 cm³/mol. The smallest absolute Gasteiger partial charge is 0.261 e. The van der Waals surface area contributed by atoms with Crippen molar-refractivity contribution in [3.05, 3.63) is 29.8 Å². The molecule has 0 spiro atoms. The van der Waals surface area contributed by atoms with E-state index in [1.54, 1.807) is 6.92 Å². The molecule has 0 bridgehead atoms. The van der Waals surface area contributed by atoms with E-state index in [4.69, 9.17) is 10.5 Å². The van der Waals surface area contributed by atoms with E-state index in [1.807, 2.05) is 25.1 Å². The van der Waals surface area contributed by atoms with E-state index >= 15 is 0 Å². The molecular weight excluding hydrogens is 276 g/mol. The summed E-state index contributed by atoms with van der Waals surface area (Å²) < 4.78 is 5.66. The molecular formula is C15H25ClN2O2. The van der Waals surface area contributed by atoms with Crippen LogP contribution < -0.4 is 15.8 Å². The Morgan fingerprint density at radius 2 is 1.95 bits per heavy atom. The van der Waals surface area contributed by atoms with E-state index < -0.39 is 6.10 Å². The third-order valence-electron chi connectivity index (χ3n) is 2.95. The van der Waals surface area contributed by atoms with Crippen molar-refractivity contribution in [1.29, 1.82) is 0 Å². The Bertz CT molecular complexity index is 424. The number of rotatable bonds is 6. The number of benzene rings is 1. The fourth-order valence-corrected chi connectivity index (χ4v) is 1.62. The second-order valence-electron chi connectivity index (χ2n) is 5.13. The minimum atomic E-state index is -0.531. The highest BCUT2D eigenvalue weighted by Crippen LogP contribution is 2.20. The van der Waals surface area contributed by atoms with E-state index in [0.29, 0.717) is 18.2 Å². The van der Waals surface area contributed by atoms with Crippen LogP contribution in [0.5, 0.6) is 5.75 Å². The second kappa shape index (κ2) is 8.82. The molecule has 1 unspecified atom stereocenters. The van der Waals surface area contributed by atoms with Gasteiger partial charge in [0.1, 0.15) is 5.75 Å². The molecule has 0 saturated heterocycles. The first-order valence-electron chi connectivity index (χ1n) is 6.71. The van der Waals surface area contributed by atoms with E-state index in [0.717, 1.165) is 0 Å². The molecule has 5 heteroatoms. The minimum Gasteiger partial charge on any atom is -0.481 e. The first-order chi connectivity index (χ1) is 8.93. The summed E-state index contributed by atoms with van der Waals surface area (Å²) in [4.78, 5) is 11.8. The van der Waals surface area contributed by atoms with Gasteiger partial charge in [-0.05, 0) is 37.5 Å². The van der Waals surface area contributed by atoms with Crippen LogP contribution in [0.2, 0.25) is 0 Å². The Kier molecular flexibility index (Phi) is 8.26. The molecule has 3 N–H and O–H groups in total. The van der Waals surface area contributed by atoms with Gasteiger partial charge in [0.05, 0.1) is 0 Å². The molecule has 0 aliphatic rings. The van der Waals surface area contributed by atoms with Gasteiger partial charge >= 0.3 is 0 Å². The number of hydrogen-bond acceptors (Lipinski definition) is 3. The van der Waals surface area contributed by atoms with Crippen molar-refractivity contribution in [1.82, 2.24) is 5.32 Å². The van der Waals surface area contributed by atoms with Crippen LogP contribution in [0.3, 0.4) is 0 Å². The van der Waals surface area contributed by atoms with Gasteiger partial charge in [-0.1, -0.05) is 26.0 Å². The molecule has 0 heterocycles. The average Bonchev–Trinajstić information content (AvgIpc) is 2.38. The van der Waals surface area contributed by atoms with Crippen LogP contribution in [-0.4, -0.2) is 24.6 Å². The molecule has 0 fully saturated rings. The topological polar surface area (TPSA) is 64.3 Å². The van der Waals surface area contributed by atoms with Crippen LogP contribution in [0.15, 0.2) is 24.3 Å². The first kappa shape index (κ1) is 18.7. The van der Waals surface area contributed by atoms with Gasteiger partial charge in [-0.3, -0.25) is 4.79 Å². The lowest BCUT2D eigenvalue weighted by molar-refractivity contribution is -0.127. The largest absolute Gasteiger partial charge is 0.481 e. The standard InChI is InChI=1S/C15H24N2O2.ClH/c1-10(2)13-6-5-7-14(8-13)19-12(4)15(18)17-11(3)9-16;/h5-8,10-12H,9,16H2,1-4H3,(H,17,18);1H/t11-,12?;/m0./s1. The lowest BCUT2D eigenvalue weighted by atomic mass is 10.0. The van der Waals surface area contributed by atoms with Crippen molar-refractivity contribution < 1.29 is 9.53 Å². The molecule has 1 rings (SSSR count). The Labute approximate surface area is 127 Å². The van der Waals surface area contributed by atoms with Crippen molar-refractivity contribution >= 4 is 18.3 Å². The van der Waals surface area contributed by atoms with E-state index in [9.17, 15) is 4.79 Å². The molecule has 0 radical (unpaired) electrons. The highest BCUT2D eigenvalue weighted by molar-refractivity contribution is 5.85. The summed E-state index contributed by atoms with van der Waals surface area (Å²) in [6.45, 7) is 8.27. The van der Waals surface area contributed by atoms with Crippen LogP contribution in [0.25, 0.3) is 0 Å². The van der Waals surface area contributed by atoms with Gasteiger partial charge in [-0.15, -0.1) is 12.4 Å². The second-order valence-corrected chi connectivity index (χ2v) is 5.13. The van der Waals surface area contributed by atoms with Crippen molar-refractivity contribution in [3.63, 3.8) is 0 Å². The summed E-state index contributed by atoms with van der Waals surface area (Å²) in [6, 6.07) is 7.79. The fraction of sp³-hybridized carbons (Fsp3) is 0.533. The molecule has 1 aromatic rings. The van der Waals surface area contributed by atoms with Gasteiger partial charge in [-0.2, -0.15) is 0 Å². The van der Waals surface area contributed by atoms with Crippen LogP contribution in [0, 0.1) is 0 Å². The average molecular weight is 301 g/mol. The van der Waals surface area contributed by atoms with Gasteiger partial charge in [-0.25, -0.2) is 0 Å². The van der Waals surface area contributed by atoms with Crippen LogP contribution >= 0.6 is 12.4 Å². The predicted octanol–water partition coefficient (Wildman–Crippen LogP) is 2.46. The number of carbonyl (C=O) groups is 1. The van der Waals surface area contributed by atoms with Crippen molar-refractivity contribution in [2.45, 2.75) is 45.8 Å². The number of amides is 1. The lowest BCUT2D eigenvalue weighted by Crippen LogP contribution is -2.44. The van der Waals surface area contributed by atoms with Crippen molar-refractivity contribution in [2.75, 3.05) is 6.54 Å². The van der Waals surface area contributed by atoms with Crippen LogP contribution in [0.1, 0.15) is 39.2 Å². The fourth-order valence-electron chi connectivity index (χ4n) is 1.62. The number of carbonyl (C=O) groups excluding carboxylic acids is 1. The first-order valence-corrected chi connectivity index (χ1v) is 6.71. The van der Waals surface area contributed by atoms with Gasteiger partial charge in [0.15, 0.2) is 6.10 Å². The molecule has 114 valence electrons. The minimum absolute atomic E-state index is 0. The van der Waals surface area contributed by atoms with E-state index in [-0.39, 0.29) is 24.4 Å². The monoisotopic (exact) mass is 300 g/mol. The number of halogens is 1. The molecule has 1 aromatic carbocycles. The Balaban J connectivity index is 0.00000361. The molecule has 1 amide bonds. The molecule has 4 nitrogen and oxygen atoms in total. The maximum Gasteiger partial charge on any atom is 0.261 e. The number of hydrogen-bond donors (Lipinski definition) is 2. The third kappa shape index (κ3) is 5.80. The van der Waals surface area contributed by atoms with Crippen molar-refractivity contribution in [2.24, 2.45) is 5.73 Å². The van der Waals surface area contributed by atoms with Gasteiger partial charge in [0, 0.05) is 12.6 Å². The molecule has 2 atom stereocenters. The Morgan fingerprint density at radius 1 is 1.30 bits per heavy atom. The summed E-state index contributed by atoms with van der Waals surface area (Å²) in [6.07, 6.45) is -0.531. The zero-order valence-corrected chi connectivity index (χ0v) is 13.4.